The Kier molecular flexibility index (Phi) is 4.67. The molecular formula is C16H13N3O2. The second-order valence-electron chi connectivity index (χ2n) is 4.13. The lowest BCUT2D eigenvalue weighted by Crippen LogP contribution is -2.18. The number of benzene rings is 2. The van der Waals surface area contributed by atoms with Crippen LogP contribution in [0.15, 0.2) is 53.6 Å². The molecule has 0 atom stereocenters. The van der Waals surface area contributed by atoms with Gasteiger partial charge in [-0.2, -0.15) is 10.4 Å². The van der Waals surface area contributed by atoms with E-state index >= 15 is 0 Å². The van der Waals surface area contributed by atoms with E-state index in [9.17, 15) is 4.79 Å². The Morgan fingerprint density at radius 1 is 1.24 bits per heavy atom. The maximum absolute atomic E-state index is 12.0. The standard InChI is InChI=1S/C16H13N3O2/c1-21-15-5-3-2-4-14(15)16(20)19-18-11-13-8-6-12(10-17)7-9-13/h2-9,11H,1H3,(H,19,20)/b18-11+. The van der Waals surface area contributed by atoms with E-state index in [1.54, 1.807) is 48.5 Å². The van der Waals surface area contributed by atoms with Gasteiger partial charge in [-0.1, -0.05) is 24.3 Å². The van der Waals surface area contributed by atoms with Gasteiger partial charge in [0, 0.05) is 0 Å². The summed E-state index contributed by atoms with van der Waals surface area (Å²) in [7, 11) is 1.51. The minimum Gasteiger partial charge on any atom is -0.496 e. The maximum atomic E-state index is 12.0. The van der Waals surface area contributed by atoms with E-state index in [0.717, 1.165) is 5.56 Å². The highest BCUT2D eigenvalue weighted by atomic mass is 16.5. The highest BCUT2D eigenvalue weighted by molar-refractivity contribution is 5.97. The van der Waals surface area contributed by atoms with Gasteiger partial charge in [0.1, 0.15) is 5.75 Å². The molecule has 104 valence electrons. The van der Waals surface area contributed by atoms with Gasteiger partial charge in [0.05, 0.1) is 30.5 Å². The van der Waals surface area contributed by atoms with Crippen LogP contribution in [0.4, 0.5) is 0 Å². The third kappa shape index (κ3) is 3.67. The zero-order valence-corrected chi connectivity index (χ0v) is 11.4. The molecule has 2 aromatic rings. The fraction of sp³-hybridized carbons (Fsp3) is 0.0625. The van der Waals surface area contributed by atoms with Crippen molar-refractivity contribution in [2.45, 2.75) is 0 Å². The molecule has 0 spiro atoms. The van der Waals surface area contributed by atoms with E-state index in [1.165, 1.54) is 13.3 Å². The number of methoxy groups -OCH3 is 1. The number of nitriles is 1. The fourth-order valence-corrected chi connectivity index (χ4v) is 1.70. The molecule has 1 N–H and O–H groups in total. The van der Waals surface area contributed by atoms with Crippen molar-refractivity contribution < 1.29 is 9.53 Å². The van der Waals surface area contributed by atoms with Crippen LogP contribution < -0.4 is 10.2 Å². The van der Waals surface area contributed by atoms with Crippen molar-refractivity contribution in [3.63, 3.8) is 0 Å². The van der Waals surface area contributed by atoms with Crippen LogP contribution in [0.1, 0.15) is 21.5 Å². The molecule has 0 bridgehead atoms. The van der Waals surface area contributed by atoms with Gasteiger partial charge in [0.25, 0.3) is 5.91 Å². The third-order valence-corrected chi connectivity index (χ3v) is 2.77. The smallest absolute Gasteiger partial charge is 0.275 e. The lowest BCUT2D eigenvalue weighted by Gasteiger charge is -2.05. The minimum atomic E-state index is -0.350. The molecule has 5 heteroatoms. The van der Waals surface area contributed by atoms with E-state index in [1.807, 2.05) is 6.07 Å². The Morgan fingerprint density at radius 3 is 2.62 bits per heavy atom. The summed E-state index contributed by atoms with van der Waals surface area (Å²) < 4.78 is 5.11. The predicted molar refractivity (Wildman–Crippen MR) is 79.2 cm³/mol. The summed E-state index contributed by atoms with van der Waals surface area (Å²) in [5, 5.41) is 12.6. The molecule has 0 radical (unpaired) electrons. The van der Waals surface area contributed by atoms with Crippen molar-refractivity contribution in [3.05, 3.63) is 65.2 Å². The number of nitrogens with one attached hydrogen (secondary N) is 1. The molecule has 0 aliphatic heterocycles. The van der Waals surface area contributed by atoms with Gasteiger partial charge in [-0.15, -0.1) is 0 Å². The molecule has 0 fully saturated rings. The topological polar surface area (TPSA) is 74.5 Å². The van der Waals surface area contributed by atoms with Crippen LogP contribution in [-0.2, 0) is 0 Å². The number of hydrogen-bond acceptors (Lipinski definition) is 4. The summed E-state index contributed by atoms with van der Waals surface area (Å²) in [6, 6.07) is 15.8. The molecule has 5 nitrogen and oxygen atoms in total. The molecular weight excluding hydrogens is 266 g/mol. The predicted octanol–water partition coefficient (Wildman–Crippen LogP) is 2.33. The molecule has 2 rings (SSSR count). The van der Waals surface area contributed by atoms with Gasteiger partial charge in [-0.3, -0.25) is 4.79 Å². The zero-order valence-electron chi connectivity index (χ0n) is 11.4. The quantitative estimate of drug-likeness (QED) is 0.689. The Hall–Kier alpha value is -3.13. The SMILES string of the molecule is COc1ccccc1C(=O)N/N=C/c1ccc(C#N)cc1. The van der Waals surface area contributed by atoms with Crippen molar-refractivity contribution >= 4 is 12.1 Å². The largest absolute Gasteiger partial charge is 0.496 e. The van der Waals surface area contributed by atoms with E-state index in [0.29, 0.717) is 16.9 Å². The van der Waals surface area contributed by atoms with Crippen molar-refractivity contribution in [1.82, 2.24) is 5.43 Å². The molecule has 0 saturated heterocycles. The van der Waals surface area contributed by atoms with Gasteiger partial charge in [0.2, 0.25) is 0 Å². The van der Waals surface area contributed by atoms with Crippen LogP contribution >= 0.6 is 0 Å². The second kappa shape index (κ2) is 6.87. The Morgan fingerprint density at radius 2 is 1.95 bits per heavy atom. The Labute approximate surface area is 122 Å². The monoisotopic (exact) mass is 279 g/mol. The molecule has 0 aliphatic carbocycles. The summed E-state index contributed by atoms with van der Waals surface area (Å²) in [5.74, 6) is 0.140. The van der Waals surface area contributed by atoms with Gasteiger partial charge < -0.3 is 4.74 Å². The van der Waals surface area contributed by atoms with Crippen LogP contribution in [-0.4, -0.2) is 19.2 Å². The number of amides is 1. The molecule has 0 aliphatic rings. The molecule has 0 unspecified atom stereocenters. The molecule has 0 aromatic heterocycles. The Balaban J connectivity index is 2.03. The van der Waals surface area contributed by atoms with E-state index < -0.39 is 0 Å². The number of carbonyl (C=O) groups excluding carboxylic acids is 1. The number of para-hydroxylation sites is 1. The lowest BCUT2D eigenvalue weighted by molar-refractivity contribution is 0.0952. The fourth-order valence-electron chi connectivity index (χ4n) is 1.70. The second-order valence-corrected chi connectivity index (χ2v) is 4.13. The number of carbonyl (C=O) groups is 1. The van der Waals surface area contributed by atoms with Crippen molar-refractivity contribution in [1.29, 1.82) is 5.26 Å². The normalized spacial score (nSPS) is 10.1. The lowest BCUT2D eigenvalue weighted by atomic mass is 10.2. The third-order valence-electron chi connectivity index (χ3n) is 2.77. The van der Waals surface area contributed by atoms with Crippen LogP contribution in [0.5, 0.6) is 5.75 Å². The summed E-state index contributed by atoms with van der Waals surface area (Å²) in [4.78, 5) is 12.0. The first-order chi connectivity index (χ1) is 10.2. The number of hydrazone groups is 1. The summed E-state index contributed by atoms with van der Waals surface area (Å²) in [6.45, 7) is 0. The average Bonchev–Trinajstić information content (AvgIpc) is 2.55. The van der Waals surface area contributed by atoms with E-state index in [-0.39, 0.29) is 5.91 Å². The van der Waals surface area contributed by atoms with Crippen LogP contribution in [0.25, 0.3) is 0 Å². The van der Waals surface area contributed by atoms with Gasteiger partial charge in [-0.25, -0.2) is 5.43 Å². The van der Waals surface area contributed by atoms with Crippen molar-refractivity contribution in [2.24, 2.45) is 5.10 Å². The van der Waals surface area contributed by atoms with Gasteiger partial charge in [0.15, 0.2) is 0 Å². The summed E-state index contributed by atoms with van der Waals surface area (Å²) >= 11 is 0. The average molecular weight is 279 g/mol. The highest BCUT2D eigenvalue weighted by Crippen LogP contribution is 2.16. The van der Waals surface area contributed by atoms with Crippen LogP contribution in [0.3, 0.4) is 0 Å². The molecule has 1 amide bonds. The van der Waals surface area contributed by atoms with E-state index in [2.05, 4.69) is 10.5 Å². The van der Waals surface area contributed by atoms with Crippen molar-refractivity contribution in [3.8, 4) is 11.8 Å². The zero-order chi connectivity index (χ0) is 15.1. The molecule has 2 aromatic carbocycles. The van der Waals surface area contributed by atoms with Gasteiger partial charge >= 0.3 is 0 Å². The van der Waals surface area contributed by atoms with Crippen molar-refractivity contribution in [2.75, 3.05) is 7.11 Å². The number of rotatable bonds is 4. The molecule has 21 heavy (non-hydrogen) atoms. The number of ether oxygens (including phenoxy) is 1. The first-order valence-electron chi connectivity index (χ1n) is 6.21. The molecule has 0 heterocycles. The van der Waals surface area contributed by atoms with Crippen LogP contribution in [0.2, 0.25) is 0 Å². The van der Waals surface area contributed by atoms with Crippen LogP contribution in [0, 0.1) is 11.3 Å². The number of nitrogens with zero attached hydrogens (tertiary/aromatic N) is 2. The highest BCUT2D eigenvalue weighted by Gasteiger charge is 2.09. The van der Waals surface area contributed by atoms with E-state index in [4.69, 9.17) is 10.00 Å². The Bertz CT molecular complexity index is 700. The summed E-state index contributed by atoms with van der Waals surface area (Å²) in [6.07, 6.45) is 1.51. The first kappa shape index (κ1) is 14.3. The maximum Gasteiger partial charge on any atom is 0.275 e. The molecule has 0 saturated carbocycles. The first-order valence-corrected chi connectivity index (χ1v) is 6.21. The number of hydrogen-bond donors (Lipinski definition) is 1. The summed E-state index contributed by atoms with van der Waals surface area (Å²) in [5.41, 5.74) is 4.21. The minimum absolute atomic E-state index is 0.350. The van der Waals surface area contributed by atoms with Gasteiger partial charge in [-0.05, 0) is 29.8 Å².